The third-order valence-corrected chi connectivity index (χ3v) is 2.47. The lowest BCUT2D eigenvalue weighted by Crippen LogP contribution is -2.49. The van der Waals surface area contributed by atoms with Gasteiger partial charge in [-0.2, -0.15) is 0 Å². The highest BCUT2D eigenvalue weighted by molar-refractivity contribution is 4.81. The first-order valence-electron chi connectivity index (χ1n) is 5.32. The van der Waals surface area contributed by atoms with E-state index in [-0.39, 0.29) is 6.10 Å². The summed E-state index contributed by atoms with van der Waals surface area (Å²) in [5.74, 6) is 0. The Kier molecular flexibility index (Phi) is 4.81. The van der Waals surface area contributed by atoms with Crippen LogP contribution in [-0.2, 0) is 9.47 Å². The van der Waals surface area contributed by atoms with Crippen LogP contribution in [0, 0.1) is 0 Å². The number of hydrogen-bond acceptors (Lipinski definition) is 4. The fraction of sp³-hybridized carbons (Fsp3) is 1.00. The van der Waals surface area contributed by atoms with E-state index in [1.807, 2.05) is 13.8 Å². The molecule has 84 valence electrons. The van der Waals surface area contributed by atoms with Crippen molar-refractivity contribution in [2.24, 2.45) is 0 Å². The summed E-state index contributed by atoms with van der Waals surface area (Å²) < 4.78 is 10.6. The largest absolute Gasteiger partial charge is 0.390 e. The normalized spacial score (nSPS) is 38.6. The molecule has 1 rings (SSSR count). The molecule has 0 aromatic carbocycles. The van der Waals surface area contributed by atoms with E-state index in [0.717, 1.165) is 12.8 Å². The second-order valence-corrected chi connectivity index (χ2v) is 3.70. The summed E-state index contributed by atoms with van der Waals surface area (Å²) >= 11 is 0. The highest BCUT2D eigenvalue weighted by Gasteiger charge is 2.36. The molecule has 2 unspecified atom stereocenters. The number of hydrogen-bond donors (Lipinski definition) is 2. The van der Waals surface area contributed by atoms with Gasteiger partial charge >= 0.3 is 0 Å². The molecule has 1 saturated heterocycles. The van der Waals surface area contributed by atoms with Crippen LogP contribution in [0.1, 0.15) is 33.1 Å². The highest BCUT2D eigenvalue weighted by Crippen LogP contribution is 2.23. The van der Waals surface area contributed by atoms with Crippen LogP contribution in [0.2, 0.25) is 0 Å². The molecule has 0 radical (unpaired) electrons. The van der Waals surface area contributed by atoms with Gasteiger partial charge in [0, 0.05) is 13.0 Å². The van der Waals surface area contributed by atoms with Gasteiger partial charge in [0.1, 0.15) is 6.10 Å². The zero-order valence-electron chi connectivity index (χ0n) is 8.85. The molecule has 0 aromatic heterocycles. The lowest BCUT2D eigenvalue weighted by atomic mass is 10.0. The van der Waals surface area contributed by atoms with Gasteiger partial charge in [-0.25, -0.2) is 0 Å². The number of ether oxygens (including phenoxy) is 2. The van der Waals surface area contributed by atoms with Gasteiger partial charge in [0.2, 0.25) is 0 Å². The molecule has 1 aliphatic rings. The van der Waals surface area contributed by atoms with Gasteiger partial charge in [0.15, 0.2) is 6.29 Å². The number of aliphatic hydroxyl groups excluding tert-OH is 2. The first kappa shape index (κ1) is 11.9. The van der Waals surface area contributed by atoms with Gasteiger partial charge in [0.25, 0.3) is 0 Å². The molecule has 0 bridgehead atoms. The zero-order chi connectivity index (χ0) is 10.6. The van der Waals surface area contributed by atoms with E-state index in [1.54, 1.807) is 0 Å². The molecular formula is C10H20O4. The Morgan fingerprint density at radius 3 is 2.57 bits per heavy atom. The Balaban J connectivity index is 2.43. The summed E-state index contributed by atoms with van der Waals surface area (Å²) in [6.07, 6.45) is -0.0336. The van der Waals surface area contributed by atoms with Crippen molar-refractivity contribution in [2.75, 3.05) is 6.61 Å². The Morgan fingerprint density at radius 2 is 2.07 bits per heavy atom. The standard InChI is InChI=1S/C10H20O4/c1-3-5-13-9-8(11)6-7(4-2)14-10(9)12/h7-12H,3-6H2,1-2H3/t7?,8-,9?,10-/m0/s1. The summed E-state index contributed by atoms with van der Waals surface area (Å²) in [5, 5.41) is 19.3. The first-order valence-corrected chi connectivity index (χ1v) is 5.32. The quantitative estimate of drug-likeness (QED) is 0.706. The molecule has 0 aliphatic carbocycles. The molecule has 0 aromatic rings. The molecule has 4 nitrogen and oxygen atoms in total. The van der Waals surface area contributed by atoms with E-state index in [0.29, 0.717) is 13.0 Å². The van der Waals surface area contributed by atoms with Crippen LogP contribution in [0.5, 0.6) is 0 Å². The van der Waals surface area contributed by atoms with Crippen LogP contribution in [0.25, 0.3) is 0 Å². The fourth-order valence-electron chi connectivity index (χ4n) is 1.63. The van der Waals surface area contributed by atoms with Gasteiger partial charge < -0.3 is 19.7 Å². The van der Waals surface area contributed by atoms with E-state index in [4.69, 9.17) is 9.47 Å². The van der Waals surface area contributed by atoms with Crippen molar-refractivity contribution >= 4 is 0 Å². The van der Waals surface area contributed by atoms with Crippen LogP contribution >= 0.6 is 0 Å². The number of aliphatic hydroxyl groups is 2. The van der Waals surface area contributed by atoms with Crippen molar-refractivity contribution in [2.45, 2.75) is 57.7 Å². The lowest BCUT2D eigenvalue weighted by molar-refractivity contribution is -0.259. The molecule has 1 heterocycles. The molecule has 14 heavy (non-hydrogen) atoms. The maximum Gasteiger partial charge on any atom is 0.183 e. The topological polar surface area (TPSA) is 58.9 Å². The van der Waals surface area contributed by atoms with Gasteiger partial charge in [0.05, 0.1) is 12.2 Å². The minimum Gasteiger partial charge on any atom is -0.390 e. The van der Waals surface area contributed by atoms with E-state index < -0.39 is 18.5 Å². The molecule has 2 N–H and O–H groups in total. The third kappa shape index (κ3) is 2.92. The molecule has 4 atom stereocenters. The Bertz CT molecular complexity index is 150. The molecule has 1 fully saturated rings. The van der Waals surface area contributed by atoms with Crippen LogP contribution < -0.4 is 0 Å². The second-order valence-electron chi connectivity index (χ2n) is 3.70. The average Bonchev–Trinajstić information content (AvgIpc) is 2.16. The monoisotopic (exact) mass is 204 g/mol. The van der Waals surface area contributed by atoms with Crippen molar-refractivity contribution < 1.29 is 19.7 Å². The summed E-state index contributed by atoms with van der Waals surface area (Å²) in [7, 11) is 0. The van der Waals surface area contributed by atoms with Gasteiger partial charge in [-0.15, -0.1) is 0 Å². The SMILES string of the molecule is CCCOC1[C@@H](O)CC(CC)O[C@@H]1O. The Morgan fingerprint density at radius 1 is 1.36 bits per heavy atom. The molecule has 0 amide bonds. The zero-order valence-corrected chi connectivity index (χ0v) is 8.85. The molecule has 0 spiro atoms. The van der Waals surface area contributed by atoms with Crippen molar-refractivity contribution in [3.63, 3.8) is 0 Å². The highest BCUT2D eigenvalue weighted by atomic mass is 16.6. The lowest BCUT2D eigenvalue weighted by Gasteiger charge is -2.36. The van der Waals surface area contributed by atoms with Crippen LogP contribution in [0.15, 0.2) is 0 Å². The maximum absolute atomic E-state index is 9.70. The van der Waals surface area contributed by atoms with Crippen LogP contribution in [0.3, 0.4) is 0 Å². The van der Waals surface area contributed by atoms with Crippen molar-refractivity contribution in [3.8, 4) is 0 Å². The van der Waals surface area contributed by atoms with Crippen molar-refractivity contribution in [1.29, 1.82) is 0 Å². The van der Waals surface area contributed by atoms with E-state index in [9.17, 15) is 10.2 Å². The smallest absolute Gasteiger partial charge is 0.183 e. The van der Waals surface area contributed by atoms with Gasteiger partial charge in [-0.1, -0.05) is 13.8 Å². The minimum atomic E-state index is -0.991. The second kappa shape index (κ2) is 5.66. The average molecular weight is 204 g/mol. The molecule has 0 saturated carbocycles. The third-order valence-electron chi connectivity index (χ3n) is 2.47. The predicted molar refractivity (Wildman–Crippen MR) is 51.8 cm³/mol. The molecular weight excluding hydrogens is 184 g/mol. The van der Waals surface area contributed by atoms with Crippen LogP contribution in [-0.4, -0.2) is 41.4 Å². The number of rotatable bonds is 4. The van der Waals surface area contributed by atoms with E-state index >= 15 is 0 Å². The van der Waals surface area contributed by atoms with Crippen LogP contribution in [0.4, 0.5) is 0 Å². The predicted octanol–water partition coefficient (Wildman–Crippen LogP) is 0.660. The fourth-order valence-corrected chi connectivity index (χ4v) is 1.63. The summed E-state index contributed by atoms with van der Waals surface area (Å²) in [6, 6.07) is 0. The van der Waals surface area contributed by atoms with Crippen molar-refractivity contribution in [1.82, 2.24) is 0 Å². The van der Waals surface area contributed by atoms with Gasteiger partial charge in [-0.05, 0) is 12.8 Å². The van der Waals surface area contributed by atoms with Crippen molar-refractivity contribution in [3.05, 3.63) is 0 Å². The van der Waals surface area contributed by atoms with Gasteiger partial charge in [-0.3, -0.25) is 0 Å². The summed E-state index contributed by atoms with van der Waals surface area (Å²) in [6.45, 7) is 4.49. The van der Waals surface area contributed by atoms with E-state index in [1.165, 1.54) is 0 Å². The van der Waals surface area contributed by atoms with E-state index in [2.05, 4.69) is 0 Å². The maximum atomic E-state index is 9.70. The summed E-state index contributed by atoms with van der Waals surface area (Å²) in [4.78, 5) is 0. The summed E-state index contributed by atoms with van der Waals surface area (Å²) in [5.41, 5.74) is 0. The first-order chi connectivity index (χ1) is 6.69. The Labute approximate surface area is 84.8 Å². The minimum absolute atomic E-state index is 0.0542. The molecule has 4 heteroatoms. The Hall–Kier alpha value is -0.160. The molecule has 1 aliphatic heterocycles.